The molecule has 2 heterocycles. The molecule has 1 amide bonds. The third-order valence-electron chi connectivity index (χ3n) is 3.12. The third-order valence-corrected chi connectivity index (χ3v) is 4.58. The van der Waals surface area contributed by atoms with E-state index in [2.05, 4.69) is 9.71 Å². The van der Waals surface area contributed by atoms with E-state index in [-0.39, 0.29) is 11.4 Å². The molecule has 2 aromatic rings. The first-order chi connectivity index (χ1) is 10.9. The van der Waals surface area contributed by atoms with Crippen LogP contribution in [0.2, 0.25) is 5.02 Å². The summed E-state index contributed by atoms with van der Waals surface area (Å²) in [7, 11) is -3.90. The molecule has 0 bridgehead atoms. The molecule has 0 saturated carbocycles. The number of ketones is 1. The monoisotopic (exact) mass is 351 g/mol. The second-order valence-electron chi connectivity index (χ2n) is 4.80. The zero-order valence-corrected chi connectivity index (χ0v) is 13.1. The molecule has 0 fully saturated rings. The zero-order chi connectivity index (χ0) is 16.6. The first-order valence-corrected chi connectivity index (χ1v) is 8.49. The molecule has 118 valence electrons. The number of hydrogen-bond acceptors (Lipinski definition) is 4. The van der Waals surface area contributed by atoms with Crippen LogP contribution in [0, 0.1) is 0 Å². The van der Waals surface area contributed by atoms with E-state index in [9.17, 15) is 18.0 Å². The summed E-state index contributed by atoms with van der Waals surface area (Å²) in [5.74, 6) is -1.28. The molecular formula is C14H10ClN3O4S. The number of nitrogens with zero attached hydrogens (tertiary/aromatic N) is 2. The summed E-state index contributed by atoms with van der Waals surface area (Å²) < 4.78 is 27.7. The van der Waals surface area contributed by atoms with Gasteiger partial charge in [-0.3, -0.25) is 14.1 Å². The van der Waals surface area contributed by atoms with E-state index in [1.807, 2.05) is 0 Å². The van der Waals surface area contributed by atoms with E-state index >= 15 is 0 Å². The van der Waals surface area contributed by atoms with E-state index in [1.165, 1.54) is 42.6 Å². The van der Waals surface area contributed by atoms with Crippen molar-refractivity contribution in [3.05, 3.63) is 53.3 Å². The fraction of sp³-hybridized carbons (Fsp3) is 0.0714. The van der Waals surface area contributed by atoms with Crippen LogP contribution in [0.1, 0.15) is 10.5 Å². The molecule has 1 aromatic carbocycles. The number of aliphatic imine (C=N–C) groups is 1. The summed E-state index contributed by atoms with van der Waals surface area (Å²) in [5, 5.41) is 0.464. The van der Waals surface area contributed by atoms with Crippen molar-refractivity contribution >= 4 is 44.8 Å². The molecule has 0 atom stereocenters. The summed E-state index contributed by atoms with van der Waals surface area (Å²) in [6.45, 7) is 0. The maximum absolute atomic E-state index is 12.2. The summed E-state index contributed by atoms with van der Waals surface area (Å²) in [6, 6.07) is 8.29. The molecular weight excluding hydrogens is 342 g/mol. The standard InChI is InChI=1S/C14H10ClN3O4S/c15-9-3-5-10(6-4-9)17-23(21,22)8-11-13(19)12-2-1-7-18(12)14(20)16-11/h1-7,17H,8H2. The van der Waals surface area contributed by atoms with Crippen molar-refractivity contribution in [3.63, 3.8) is 0 Å². The Balaban J connectivity index is 1.82. The maximum Gasteiger partial charge on any atom is 0.352 e. The van der Waals surface area contributed by atoms with Gasteiger partial charge in [0.1, 0.15) is 11.5 Å². The molecule has 0 unspecified atom stereocenters. The summed E-state index contributed by atoms with van der Waals surface area (Å²) in [5.41, 5.74) is 0.0808. The van der Waals surface area contributed by atoms with Gasteiger partial charge in [-0.2, -0.15) is 4.99 Å². The molecule has 9 heteroatoms. The highest BCUT2D eigenvalue weighted by Gasteiger charge is 2.29. The Labute approximate surface area is 136 Å². The summed E-state index contributed by atoms with van der Waals surface area (Å²) >= 11 is 5.73. The fourth-order valence-corrected chi connectivity index (χ4v) is 3.36. The molecule has 3 rings (SSSR count). The van der Waals surface area contributed by atoms with E-state index in [0.29, 0.717) is 10.7 Å². The predicted octanol–water partition coefficient (Wildman–Crippen LogP) is 2.19. The summed E-state index contributed by atoms with van der Waals surface area (Å²) in [4.78, 5) is 27.5. The van der Waals surface area contributed by atoms with Gasteiger partial charge in [-0.1, -0.05) is 11.6 Å². The number of carbonyl (C=O) groups excluding carboxylic acids is 2. The highest BCUT2D eigenvalue weighted by molar-refractivity contribution is 7.93. The number of hydrogen-bond donors (Lipinski definition) is 1. The van der Waals surface area contributed by atoms with Gasteiger partial charge < -0.3 is 0 Å². The molecule has 1 aromatic heterocycles. The van der Waals surface area contributed by atoms with Crippen molar-refractivity contribution in [1.29, 1.82) is 0 Å². The van der Waals surface area contributed by atoms with Crippen molar-refractivity contribution in [3.8, 4) is 0 Å². The number of Topliss-reactive ketones (excluding diaryl/α,β-unsaturated/α-hetero) is 1. The first kappa shape index (κ1) is 15.4. The SMILES string of the molecule is O=C1C(CS(=O)(=O)Nc2ccc(Cl)cc2)=NC(=O)n2cccc21. The number of anilines is 1. The molecule has 23 heavy (non-hydrogen) atoms. The van der Waals surface area contributed by atoms with Crippen LogP contribution in [0.5, 0.6) is 0 Å². The maximum atomic E-state index is 12.2. The Bertz CT molecular complexity index is 929. The largest absolute Gasteiger partial charge is 0.352 e. The molecule has 0 spiro atoms. The van der Waals surface area contributed by atoms with Gasteiger partial charge in [0, 0.05) is 16.9 Å². The van der Waals surface area contributed by atoms with Gasteiger partial charge in [0.05, 0.1) is 5.69 Å². The molecule has 0 aliphatic carbocycles. The van der Waals surface area contributed by atoms with Crippen LogP contribution in [0.4, 0.5) is 10.5 Å². The first-order valence-electron chi connectivity index (χ1n) is 6.46. The molecule has 1 aliphatic heterocycles. The number of benzene rings is 1. The van der Waals surface area contributed by atoms with Crippen LogP contribution in [-0.4, -0.2) is 36.3 Å². The third kappa shape index (κ3) is 3.17. The Morgan fingerprint density at radius 3 is 2.52 bits per heavy atom. The number of nitrogens with one attached hydrogen (secondary N) is 1. The zero-order valence-electron chi connectivity index (χ0n) is 11.6. The van der Waals surface area contributed by atoms with Crippen LogP contribution < -0.4 is 4.72 Å². The highest BCUT2D eigenvalue weighted by Crippen LogP contribution is 2.16. The van der Waals surface area contributed by atoms with Gasteiger partial charge in [-0.15, -0.1) is 0 Å². The fourth-order valence-electron chi connectivity index (χ4n) is 2.11. The van der Waals surface area contributed by atoms with E-state index in [0.717, 1.165) is 4.57 Å². The van der Waals surface area contributed by atoms with Crippen molar-refractivity contribution in [2.45, 2.75) is 0 Å². The quantitative estimate of drug-likeness (QED) is 0.912. The van der Waals surface area contributed by atoms with Crippen LogP contribution in [0.15, 0.2) is 47.6 Å². The highest BCUT2D eigenvalue weighted by atomic mass is 35.5. The molecule has 1 N–H and O–H groups in total. The van der Waals surface area contributed by atoms with Crippen LogP contribution >= 0.6 is 11.6 Å². The number of fused-ring (bicyclic) bond motifs is 1. The van der Waals surface area contributed by atoms with Gasteiger partial charge in [-0.25, -0.2) is 13.2 Å². The second-order valence-corrected chi connectivity index (χ2v) is 6.96. The van der Waals surface area contributed by atoms with Crippen LogP contribution in [0.3, 0.4) is 0 Å². The lowest BCUT2D eigenvalue weighted by atomic mass is 10.2. The average molecular weight is 352 g/mol. The molecule has 0 saturated heterocycles. The van der Waals surface area contributed by atoms with E-state index < -0.39 is 27.6 Å². The Morgan fingerprint density at radius 2 is 1.83 bits per heavy atom. The normalized spacial score (nSPS) is 14.4. The Morgan fingerprint density at radius 1 is 1.13 bits per heavy atom. The van der Waals surface area contributed by atoms with Gasteiger partial charge >= 0.3 is 6.03 Å². The smallest absolute Gasteiger partial charge is 0.285 e. The van der Waals surface area contributed by atoms with Gasteiger partial charge in [-0.05, 0) is 36.4 Å². The van der Waals surface area contributed by atoms with Crippen molar-refractivity contribution < 1.29 is 18.0 Å². The number of aromatic nitrogens is 1. The lowest BCUT2D eigenvalue weighted by Crippen LogP contribution is -2.34. The van der Waals surface area contributed by atoms with Crippen LogP contribution in [-0.2, 0) is 10.0 Å². The number of amides is 1. The lowest BCUT2D eigenvalue weighted by Gasteiger charge is -2.14. The van der Waals surface area contributed by atoms with Crippen LogP contribution in [0.25, 0.3) is 0 Å². The predicted molar refractivity (Wildman–Crippen MR) is 85.9 cm³/mol. The molecule has 0 radical (unpaired) electrons. The van der Waals surface area contributed by atoms with E-state index in [4.69, 9.17) is 11.6 Å². The van der Waals surface area contributed by atoms with Gasteiger partial charge in [0.15, 0.2) is 0 Å². The van der Waals surface area contributed by atoms with Crippen molar-refractivity contribution in [1.82, 2.24) is 4.57 Å². The topological polar surface area (TPSA) is 97.6 Å². The number of sulfonamides is 1. The minimum absolute atomic E-state index is 0.0988. The molecule has 1 aliphatic rings. The summed E-state index contributed by atoms with van der Waals surface area (Å²) in [6.07, 6.45) is 1.40. The second kappa shape index (κ2) is 5.64. The average Bonchev–Trinajstić information content (AvgIpc) is 2.97. The lowest BCUT2D eigenvalue weighted by molar-refractivity contribution is 0.105. The minimum atomic E-state index is -3.90. The Kier molecular flexibility index (Phi) is 3.78. The number of carbonyl (C=O) groups is 2. The van der Waals surface area contributed by atoms with E-state index in [1.54, 1.807) is 0 Å². The minimum Gasteiger partial charge on any atom is -0.285 e. The van der Waals surface area contributed by atoms with Gasteiger partial charge in [0.25, 0.3) is 0 Å². The van der Waals surface area contributed by atoms with Crippen molar-refractivity contribution in [2.24, 2.45) is 4.99 Å². The molecule has 7 nitrogen and oxygen atoms in total. The van der Waals surface area contributed by atoms with Crippen molar-refractivity contribution in [2.75, 3.05) is 10.5 Å². The number of rotatable bonds is 4. The Hall–Kier alpha value is -2.45. The number of halogens is 1. The van der Waals surface area contributed by atoms with Gasteiger partial charge in [0.2, 0.25) is 15.8 Å².